The molecular formula is C29H38FN3O3. The van der Waals surface area contributed by atoms with Gasteiger partial charge in [0.2, 0.25) is 5.91 Å². The maximum Gasteiger partial charge on any atom is 0.261 e. The van der Waals surface area contributed by atoms with Crippen molar-refractivity contribution in [2.24, 2.45) is 5.92 Å². The number of ether oxygens (including phenoxy) is 1. The minimum Gasteiger partial charge on any atom is -0.481 e. The van der Waals surface area contributed by atoms with E-state index in [0.29, 0.717) is 31.7 Å². The zero-order valence-electron chi connectivity index (χ0n) is 21.6. The van der Waals surface area contributed by atoms with Crippen LogP contribution in [0, 0.1) is 11.7 Å². The molecule has 1 N–H and O–H groups in total. The molecule has 1 saturated heterocycles. The van der Waals surface area contributed by atoms with Crippen LogP contribution in [0.2, 0.25) is 0 Å². The molecule has 6 nitrogen and oxygen atoms in total. The molecule has 2 aromatic rings. The second kappa shape index (κ2) is 11.9. The van der Waals surface area contributed by atoms with Crippen molar-refractivity contribution < 1.29 is 18.7 Å². The first kappa shape index (κ1) is 26.1. The summed E-state index contributed by atoms with van der Waals surface area (Å²) in [6.45, 7) is 9.93. The molecule has 4 rings (SSSR count). The topological polar surface area (TPSA) is 61.9 Å². The van der Waals surface area contributed by atoms with Crippen molar-refractivity contribution in [3.8, 4) is 5.75 Å². The van der Waals surface area contributed by atoms with Gasteiger partial charge < -0.3 is 19.9 Å². The van der Waals surface area contributed by atoms with Crippen molar-refractivity contribution in [3.63, 3.8) is 0 Å². The molecule has 0 saturated carbocycles. The van der Waals surface area contributed by atoms with Gasteiger partial charge in [0, 0.05) is 25.6 Å². The molecule has 0 spiro atoms. The van der Waals surface area contributed by atoms with E-state index in [1.807, 2.05) is 49.9 Å². The summed E-state index contributed by atoms with van der Waals surface area (Å²) in [5.74, 6) is -0.00955. The number of fused-ring (bicyclic) bond motifs is 1. The number of hydrogen-bond donors (Lipinski definition) is 1. The van der Waals surface area contributed by atoms with Crippen molar-refractivity contribution >= 4 is 11.8 Å². The van der Waals surface area contributed by atoms with Gasteiger partial charge in [0.15, 0.2) is 6.10 Å². The highest BCUT2D eigenvalue weighted by atomic mass is 19.1. The number of halogens is 1. The number of hydrogen-bond acceptors (Lipinski definition) is 4. The molecule has 2 atom stereocenters. The quantitative estimate of drug-likeness (QED) is 0.563. The van der Waals surface area contributed by atoms with Gasteiger partial charge in [-0.3, -0.25) is 9.59 Å². The maximum absolute atomic E-state index is 14.2. The first-order valence-electron chi connectivity index (χ1n) is 13.2. The first-order valence-corrected chi connectivity index (χ1v) is 13.2. The number of amides is 2. The number of carbonyl (C=O) groups is 2. The predicted octanol–water partition coefficient (Wildman–Crippen LogP) is 4.33. The molecule has 2 heterocycles. The lowest BCUT2D eigenvalue weighted by atomic mass is 9.87. The van der Waals surface area contributed by atoms with Gasteiger partial charge in [0.05, 0.1) is 6.04 Å². The van der Waals surface area contributed by atoms with Gasteiger partial charge in [-0.2, -0.15) is 0 Å². The van der Waals surface area contributed by atoms with Gasteiger partial charge >= 0.3 is 0 Å². The Kier molecular flexibility index (Phi) is 8.62. The molecule has 0 aliphatic carbocycles. The number of nitrogens with one attached hydrogen (secondary N) is 1. The maximum atomic E-state index is 14.2. The fourth-order valence-corrected chi connectivity index (χ4v) is 5.22. The van der Waals surface area contributed by atoms with E-state index >= 15 is 0 Å². The summed E-state index contributed by atoms with van der Waals surface area (Å²) in [4.78, 5) is 30.2. The second-order valence-electron chi connectivity index (χ2n) is 10.1. The molecule has 2 amide bonds. The number of rotatable bonds is 9. The van der Waals surface area contributed by atoms with Gasteiger partial charge in [0.25, 0.3) is 5.91 Å². The Balaban J connectivity index is 1.54. The van der Waals surface area contributed by atoms with Gasteiger partial charge in [-0.05, 0) is 79.7 Å². The molecule has 2 aliphatic rings. The Hall–Kier alpha value is -2.93. The van der Waals surface area contributed by atoms with Crippen LogP contribution < -0.4 is 10.1 Å². The molecule has 1 fully saturated rings. The van der Waals surface area contributed by atoms with E-state index in [1.54, 1.807) is 6.07 Å². The van der Waals surface area contributed by atoms with E-state index in [0.717, 1.165) is 36.3 Å². The average molecular weight is 496 g/mol. The third-order valence-corrected chi connectivity index (χ3v) is 7.15. The molecule has 2 aliphatic heterocycles. The number of likely N-dealkylation sites (tertiary alicyclic amines) is 1. The number of nitrogens with zero attached hydrogens (tertiary/aromatic N) is 2. The first-order chi connectivity index (χ1) is 17.4. The highest BCUT2D eigenvalue weighted by Gasteiger charge is 2.34. The minimum atomic E-state index is -0.605. The van der Waals surface area contributed by atoms with E-state index in [9.17, 15) is 14.0 Å². The normalized spacial score (nSPS) is 18.7. The monoisotopic (exact) mass is 495 g/mol. The predicted molar refractivity (Wildman–Crippen MR) is 138 cm³/mol. The molecule has 194 valence electrons. The van der Waals surface area contributed by atoms with Crippen LogP contribution in [0.25, 0.3) is 0 Å². The number of benzene rings is 2. The van der Waals surface area contributed by atoms with E-state index in [2.05, 4.69) is 10.2 Å². The Morgan fingerprint density at radius 1 is 1.11 bits per heavy atom. The fraction of sp³-hybridized carbons (Fsp3) is 0.517. The van der Waals surface area contributed by atoms with Gasteiger partial charge in [-0.15, -0.1) is 0 Å². The Morgan fingerprint density at radius 2 is 1.89 bits per heavy atom. The van der Waals surface area contributed by atoms with Crippen molar-refractivity contribution in [3.05, 3.63) is 65.0 Å². The highest BCUT2D eigenvalue weighted by molar-refractivity contribution is 5.81. The van der Waals surface area contributed by atoms with Crippen molar-refractivity contribution in [2.75, 3.05) is 32.7 Å². The summed E-state index contributed by atoms with van der Waals surface area (Å²) < 4.78 is 20.4. The fourth-order valence-electron chi connectivity index (χ4n) is 5.22. The zero-order valence-corrected chi connectivity index (χ0v) is 21.6. The molecule has 7 heteroatoms. The van der Waals surface area contributed by atoms with Crippen molar-refractivity contribution in [2.45, 2.75) is 58.6 Å². The highest BCUT2D eigenvalue weighted by Crippen LogP contribution is 2.38. The van der Waals surface area contributed by atoms with Crippen LogP contribution in [0.5, 0.6) is 5.75 Å². The molecule has 0 radical (unpaired) electrons. The summed E-state index contributed by atoms with van der Waals surface area (Å²) in [6.07, 6.45) is 3.10. The van der Waals surface area contributed by atoms with Gasteiger partial charge in [-0.25, -0.2) is 4.39 Å². The van der Waals surface area contributed by atoms with Crippen LogP contribution in [0.4, 0.5) is 4.39 Å². The Morgan fingerprint density at radius 3 is 2.58 bits per heavy atom. The SMILES string of the molecule is CC[C@H](Oc1ccc2c(c1)[C@H](c1cccc(F)c1)N(C(=O)C(C)C)CC2)C(=O)NCCN1CCCC1. The van der Waals surface area contributed by atoms with Gasteiger partial charge in [-0.1, -0.05) is 39.0 Å². The third kappa shape index (κ3) is 6.06. The summed E-state index contributed by atoms with van der Waals surface area (Å²) in [5.41, 5.74) is 2.75. The standard InChI is InChI=1S/C29H38FN3O3/c1-4-26(28(34)31-13-17-32-14-5-6-15-32)36-24-11-10-21-12-16-33(29(35)20(2)3)27(25(21)19-24)22-8-7-9-23(30)18-22/h7-11,18-20,26-27H,4-6,12-17H2,1-3H3,(H,31,34)/t26-,27-/m0/s1. The molecule has 0 unspecified atom stereocenters. The van der Waals surface area contributed by atoms with Crippen LogP contribution >= 0.6 is 0 Å². The summed E-state index contributed by atoms with van der Waals surface area (Å²) >= 11 is 0. The Bertz CT molecular complexity index is 1070. The molecule has 0 bridgehead atoms. The van der Waals surface area contributed by atoms with E-state index in [-0.39, 0.29) is 23.5 Å². The smallest absolute Gasteiger partial charge is 0.261 e. The molecule has 0 aromatic heterocycles. The number of carbonyl (C=O) groups excluding carboxylic acids is 2. The van der Waals surface area contributed by atoms with Gasteiger partial charge in [0.1, 0.15) is 11.6 Å². The average Bonchev–Trinajstić information content (AvgIpc) is 3.39. The second-order valence-corrected chi connectivity index (χ2v) is 10.1. The van der Waals surface area contributed by atoms with Crippen LogP contribution in [0.15, 0.2) is 42.5 Å². The van der Waals surface area contributed by atoms with Crippen LogP contribution in [0.3, 0.4) is 0 Å². The molecular weight excluding hydrogens is 457 g/mol. The van der Waals surface area contributed by atoms with Crippen molar-refractivity contribution in [1.82, 2.24) is 15.1 Å². The lowest BCUT2D eigenvalue weighted by Crippen LogP contribution is -2.43. The summed E-state index contributed by atoms with van der Waals surface area (Å²) in [7, 11) is 0. The molecule has 36 heavy (non-hydrogen) atoms. The van der Waals surface area contributed by atoms with Crippen LogP contribution in [-0.4, -0.2) is 60.4 Å². The minimum absolute atomic E-state index is 0.0325. The zero-order chi connectivity index (χ0) is 25.7. The lowest BCUT2D eigenvalue weighted by molar-refractivity contribution is -0.136. The van der Waals surface area contributed by atoms with E-state index in [4.69, 9.17) is 4.74 Å². The lowest BCUT2D eigenvalue weighted by Gasteiger charge is -2.39. The van der Waals surface area contributed by atoms with E-state index < -0.39 is 12.1 Å². The van der Waals surface area contributed by atoms with Crippen LogP contribution in [-0.2, 0) is 16.0 Å². The van der Waals surface area contributed by atoms with Crippen molar-refractivity contribution in [1.29, 1.82) is 0 Å². The Labute approximate surface area is 213 Å². The van der Waals surface area contributed by atoms with Crippen LogP contribution in [0.1, 0.15) is 62.8 Å². The molecule has 2 aromatic carbocycles. The van der Waals surface area contributed by atoms with E-state index in [1.165, 1.54) is 25.0 Å². The third-order valence-electron chi connectivity index (χ3n) is 7.15. The summed E-state index contributed by atoms with van der Waals surface area (Å²) in [5, 5.41) is 3.02. The summed E-state index contributed by atoms with van der Waals surface area (Å²) in [6, 6.07) is 11.9. The largest absolute Gasteiger partial charge is 0.481 e.